The van der Waals surface area contributed by atoms with Crippen LogP contribution in [0.1, 0.15) is 26.0 Å². The summed E-state index contributed by atoms with van der Waals surface area (Å²) in [6.07, 6.45) is 1.11. The zero-order chi connectivity index (χ0) is 13.3. The molecule has 0 aliphatic carbocycles. The number of aromatic nitrogens is 1. The van der Waals surface area contributed by atoms with Crippen LogP contribution in [0.25, 0.3) is 10.9 Å². The standard InChI is InChI=1S/C15H21N3/c1-5-11(3)18(4)15-8-10(2)17-14-7-6-12(16)9-13(14)15/h6-9,11H,5,16H2,1-4H3. The van der Waals surface area contributed by atoms with E-state index >= 15 is 0 Å². The number of nitrogen functional groups attached to an aromatic ring is 1. The molecule has 0 radical (unpaired) electrons. The number of nitrogens with zero attached hydrogens (tertiary/aromatic N) is 2. The van der Waals surface area contributed by atoms with Gasteiger partial charge in [0.15, 0.2) is 0 Å². The Morgan fingerprint density at radius 1 is 1.33 bits per heavy atom. The van der Waals surface area contributed by atoms with E-state index in [1.165, 1.54) is 5.69 Å². The first-order chi connectivity index (χ1) is 8.52. The van der Waals surface area contributed by atoms with Gasteiger partial charge in [0.25, 0.3) is 0 Å². The molecule has 0 saturated carbocycles. The third kappa shape index (κ3) is 2.26. The van der Waals surface area contributed by atoms with Crippen molar-refractivity contribution in [1.82, 2.24) is 4.98 Å². The van der Waals surface area contributed by atoms with E-state index in [9.17, 15) is 0 Å². The van der Waals surface area contributed by atoms with Gasteiger partial charge in [0.2, 0.25) is 0 Å². The Labute approximate surface area is 109 Å². The van der Waals surface area contributed by atoms with Crippen LogP contribution in [0.5, 0.6) is 0 Å². The molecule has 0 saturated heterocycles. The summed E-state index contributed by atoms with van der Waals surface area (Å²) in [4.78, 5) is 6.86. The number of aryl methyl sites for hydroxylation is 1. The molecular formula is C15H21N3. The van der Waals surface area contributed by atoms with Crippen molar-refractivity contribution in [2.75, 3.05) is 17.7 Å². The highest BCUT2D eigenvalue weighted by molar-refractivity contribution is 5.94. The van der Waals surface area contributed by atoms with Gasteiger partial charge in [-0.2, -0.15) is 0 Å². The number of nitrogens with two attached hydrogens (primary N) is 1. The van der Waals surface area contributed by atoms with Crippen molar-refractivity contribution < 1.29 is 0 Å². The van der Waals surface area contributed by atoms with Crippen LogP contribution in [-0.4, -0.2) is 18.1 Å². The minimum absolute atomic E-state index is 0.497. The number of pyridine rings is 1. The normalized spacial score (nSPS) is 12.7. The Hall–Kier alpha value is -1.77. The van der Waals surface area contributed by atoms with Gasteiger partial charge in [-0.3, -0.25) is 4.98 Å². The van der Waals surface area contributed by atoms with Crippen molar-refractivity contribution in [2.24, 2.45) is 0 Å². The SMILES string of the molecule is CCC(C)N(C)c1cc(C)nc2ccc(N)cc12. The summed E-state index contributed by atoms with van der Waals surface area (Å²) in [5.74, 6) is 0. The second-order valence-electron chi connectivity index (χ2n) is 4.93. The van der Waals surface area contributed by atoms with Crippen molar-refractivity contribution in [2.45, 2.75) is 33.2 Å². The average Bonchev–Trinajstić information content (AvgIpc) is 2.36. The minimum atomic E-state index is 0.497. The maximum atomic E-state index is 5.89. The largest absolute Gasteiger partial charge is 0.399 e. The van der Waals surface area contributed by atoms with Crippen LogP contribution in [0.2, 0.25) is 0 Å². The fourth-order valence-corrected chi connectivity index (χ4v) is 2.16. The van der Waals surface area contributed by atoms with E-state index in [-0.39, 0.29) is 0 Å². The van der Waals surface area contributed by atoms with E-state index in [0.717, 1.165) is 28.7 Å². The number of benzene rings is 1. The molecule has 0 spiro atoms. The Morgan fingerprint density at radius 3 is 2.72 bits per heavy atom. The van der Waals surface area contributed by atoms with Crippen LogP contribution in [0.15, 0.2) is 24.3 Å². The Kier molecular flexibility index (Phi) is 3.41. The van der Waals surface area contributed by atoms with E-state index in [1.807, 2.05) is 25.1 Å². The predicted octanol–water partition coefficient (Wildman–Crippen LogP) is 3.36. The summed E-state index contributed by atoms with van der Waals surface area (Å²) in [5.41, 5.74) is 9.93. The molecule has 0 bridgehead atoms. The average molecular weight is 243 g/mol. The Morgan fingerprint density at radius 2 is 2.06 bits per heavy atom. The van der Waals surface area contributed by atoms with Gasteiger partial charge >= 0.3 is 0 Å². The molecule has 2 N–H and O–H groups in total. The van der Waals surface area contributed by atoms with E-state index in [2.05, 4.69) is 36.8 Å². The number of hydrogen-bond acceptors (Lipinski definition) is 3. The lowest BCUT2D eigenvalue weighted by molar-refractivity contribution is 0.665. The maximum Gasteiger partial charge on any atom is 0.0727 e. The highest BCUT2D eigenvalue weighted by atomic mass is 15.1. The van der Waals surface area contributed by atoms with Crippen molar-refractivity contribution >= 4 is 22.3 Å². The second kappa shape index (κ2) is 4.84. The van der Waals surface area contributed by atoms with E-state index in [4.69, 9.17) is 5.73 Å². The third-order valence-electron chi connectivity index (χ3n) is 3.57. The first kappa shape index (κ1) is 12.7. The summed E-state index contributed by atoms with van der Waals surface area (Å²) in [5, 5.41) is 1.13. The smallest absolute Gasteiger partial charge is 0.0727 e. The number of hydrogen-bond donors (Lipinski definition) is 1. The molecule has 3 nitrogen and oxygen atoms in total. The summed E-state index contributed by atoms with van der Waals surface area (Å²) in [6, 6.07) is 8.54. The molecule has 1 unspecified atom stereocenters. The monoisotopic (exact) mass is 243 g/mol. The third-order valence-corrected chi connectivity index (χ3v) is 3.57. The van der Waals surface area contributed by atoms with Gasteiger partial charge < -0.3 is 10.6 Å². The summed E-state index contributed by atoms with van der Waals surface area (Å²) >= 11 is 0. The van der Waals surface area contributed by atoms with Crippen molar-refractivity contribution in [3.63, 3.8) is 0 Å². The Bertz CT molecular complexity index is 563. The minimum Gasteiger partial charge on any atom is -0.399 e. The van der Waals surface area contributed by atoms with Crippen LogP contribution in [0, 0.1) is 6.92 Å². The number of rotatable bonds is 3. The molecule has 96 valence electrons. The molecule has 2 aromatic rings. The molecule has 0 aliphatic rings. The zero-order valence-corrected chi connectivity index (χ0v) is 11.6. The van der Waals surface area contributed by atoms with Gasteiger partial charge in [-0.1, -0.05) is 6.92 Å². The molecule has 1 aromatic heterocycles. The van der Waals surface area contributed by atoms with Crippen LogP contribution in [0.3, 0.4) is 0 Å². The molecule has 1 aromatic carbocycles. The molecule has 0 aliphatic heterocycles. The van der Waals surface area contributed by atoms with E-state index in [0.29, 0.717) is 6.04 Å². The Balaban J connectivity index is 2.64. The highest BCUT2D eigenvalue weighted by Gasteiger charge is 2.12. The summed E-state index contributed by atoms with van der Waals surface area (Å²) in [7, 11) is 2.13. The quantitative estimate of drug-likeness (QED) is 0.840. The molecule has 0 amide bonds. The van der Waals surface area contributed by atoms with Crippen molar-refractivity contribution in [3.05, 3.63) is 30.0 Å². The van der Waals surface area contributed by atoms with Crippen molar-refractivity contribution in [3.8, 4) is 0 Å². The summed E-state index contributed by atoms with van der Waals surface area (Å²) < 4.78 is 0. The second-order valence-corrected chi connectivity index (χ2v) is 4.93. The van der Waals surface area contributed by atoms with Gasteiger partial charge in [-0.15, -0.1) is 0 Å². The lowest BCUT2D eigenvalue weighted by Crippen LogP contribution is -2.28. The van der Waals surface area contributed by atoms with Gasteiger partial charge in [0.05, 0.1) is 5.52 Å². The molecule has 1 heterocycles. The fourth-order valence-electron chi connectivity index (χ4n) is 2.16. The van der Waals surface area contributed by atoms with Crippen LogP contribution in [-0.2, 0) is 0 Å². The fraction of sp³-hybridized carbons (Fsp3) is 0.400. The van der Waals surface area contributed by atoms with E-state index < -0.39 is 0 Å². The first-order valence-corrected chi connectivity index (χ1v) is 6.42. The maximum absolute atomic E-state index is 5.89. The molecular weight excluding hydrogens is 222 g/mol. The summed E-state index contributed by atoms with van der Waals surface area (Å²) in [6.45, 7) is 6.46. The zero-order valence-electron chi connectivity index (χ0n) is 11.6. The number of fused-ring (bicyclic) bond motifs is 1. The van der Waals surface area contributed by atoms with Gasteiger partial charge in [0.1, 0.15) is 0 Å². The van der Waals surface area contributed by atoms with E-state index in [1.54, 1.807) is 0 Å². The molecule has 1 atom stereocenters. The van der Waals surface area contributed by atoms with Crippen molar-refractivity contribution in [1.29, 1.82) is 0 Å². The first-order valence-electron chi connectivity index (χ1n) is 6.42. The van der Waals surface area contributed by atoms with Crippen LogP contribution in [0.4, 0.5) is 11.4 Å². The molecule has 0 fully saturated rings. The topological polar surface area (TPSA) is 42.2 Å². The molecule has 2 rings (SSSR count). The lowest BCUT2D eigenvalue weighted by atomic mass is 10.1. The van der Waals surface area contributed by atoms with Gasteiger partial charge in [-0.25, -0.2) is 0 Å². The van der Waals surface area contributed by atoms with Crippen LogP contribution >= 0.6 is 0 Å². The molecule has 3 heteroatoms. The van der Waals surface area contributed by atoms with Crippen LogP contribution < -0.4 is 10.6 Å². The highest BCUT2D eigenvalue weighted by Crippen LogP contribution is 2.29. The van der Waals surface area contributed by atoms with Gasteiger partial charge in [-0.05, 0) is 44.5 Å². The number of anilines is 2. The molecule has 18 heavy (non-hydrogen) atoms. The van der Waals surface area contributed by atoms with Gasteiger partial charge in [0, 0.05) is 35.5 Å². The lowest BCUT2D eigenvalue weighted by Gasteiger charge is -2.27. The predicted molar refractivity (Wildman–Crippen MR) is 79.0 cm³/mol.